The van der Waals surface area contributed by atoms with Crippen molar-refractivity contribution in [3.05, 3.63) is 29.8 Å². The molecule has 1 amide bonds. The topological polar surface area (TPSA) is 75.4 Å². The largest absolute Gasteiger partial charge is 0.399 e. The van der Waals surface area contributed by atoms with Crippen LogP contribution in [0.5, 0.6) is 0 Å². The summed E-state index contributed by atoms with van der Waals surface area (Å²) in [5.74, 6) is -0.00510. The molecule has 0 bridgehead atoms. The zero-order chi connectivity index (χ0) is 12.3. The van der Waals surface area contributed by atoms with Gasteiger partial charge in [-0.3, -0.25) is 4.79 Å². The second kappa shape index (κ2) is 4.75. The number of carbonyl (C=O) groups excluding carboxylic acids is 1. The van der Waals surface area contributed by atoms with E-state index in [9.17, 15) is 4.79 Å². The lowest BCUT2D eigenvalue weighted by Gasteiger charge is -2.12. The van der Waals surface area contributed by atoms with E-state index in [-0.39, 0.29) is 17.9 Å². The number of aliphatic hydroxyl groups excluding tert-OH is 1. The van der Waals surface area contributed by atoms with E-state index in [1.807, 2.05) is 12.1 Å². The summed E-state index contributed by atoms with van der Waals surface area (Å²) >= 11 is 0. The zero-order valence-corrected chi connectivity index (χ0v) is 9.78. The van der Waals surface area contributed by atoms with Crippen LogP contribution < -0.4 is 11.1 Å². The number of hydrogen-bond donors (Lipinski definition) is 3. The minimum absolute atomic E-state index is 0.00510. The van der Waals surface area contributed by atoms with Crippen LogP contribution in [0.2, 0.25) is 0 Å². The molecule has 0 aliphatic heterocycles. The molecule has 1 aromatic rings. The molecule has 2 rings (SSSR count). The Kier molecular flexibility index (Phi) is 3.33. The van der Waals surface area contributed by atoms with Gasteiger partial charge in [-0.1, -0.05) is 12.1 Å². The van der Waals surface area contributed by atoms with Gasteiger partial charge in [0.2, 0.25) is 5.91 Å². The lowest BCUT2D eigenvalue weighted by atomic mass is 10.1. The predicted molar refractivity (Wildman–Crippen MR) is 66.3 cm³/mol. The molecule has 0 unspecified atom stereocenters. The van der Waals surface area contributed by atoms with Crippen molar-refractivity contribution in [3.63, 3.8) is 0 Å². The molecule has 0 spiro atoms. The van der Waals surface area contributed by atoms with Crippen LogP contribution in [0.4, 0.5) is 5.69 Å². The number of anilines is 1. The highest BCUT2D eigenvalue weighted by Gasteiger charge is 2.41. The normalized spacial score (nSPS) is 16.5. The second-order valence-electron chi connectivity index (χ2n) is 4.85. The molecule has 1 aliphatic rings. The predicted octanol–water partition coefficient (Wildman–Crippen LogP) is 0.700. The van der Waals surface area contributed by atoms with Gasteiger partial charge in [0.15, 0.2) is 0 Å². The molecule has 4 N–H and O–H groups in total. The van der Waals surface area contributed by atoms with E-state index < -0.39 is 0 Å². The van der Waals surface area contributed by atoms with Gasteiger partial charge in [-0.2, -0.15) is 0 Å². The Morgan fingerprint density at radius 3 is 2.53 bits per heavy atom. The van der Waals surface area contributed by atoms with Gasteiger partial charge >= 0.3 is 0 Å². The van der Waals surface area contributed by atoms with Crippen molar-refractivity contribution in [1.82, 2.24) is 5.32 Å². The van der Waals surface area contributed by atoms with Gasteiger partial charge in [0.1, 0.15) is 0 Å². The van der Waals surface area contributed by atoms with Crippen LogP contribution in [0.3, 0.4) is 0 Å². The Bertz CT molecular complexity index is 396. The number of carbonyl (C=O) groups is 1. The third-order valence-electron chi connectivity index (χ3n) is 3.30. The van der Waals surface area contributed by atoms with Gasteiger partial charge in [0.05, 0.1) is 13.0 Å². The average molecular weight is 234 g/mol. The van der Waals surface area contributed by atoms with Crippen LogP contribution in [-0.2, 0) is 11.2 Å². The number of rotatable bonds is 5. The van der Waals surface area contributed by atoms with Crippen LogP contribution >= 0.6 is 0 Å². The standard InChI is InChI=1S/C13H18N2O2/c14-11-3-1-10(2-4-11)7-12(17)15-8-13(9-16)5-6-13/h1-4,16H,5-9,14H2,(H,15,17). The summed E-state index contributed by atoms with van der Waals surface area (Å²) in [5, 5.41) is 12.0. The maximum atomic E-state index is 11.7. The summed E-state index contributed by atoms with van der Waals surface area (Å²) in [5.41, 5.74) is 7.19. The fraction of sp³-hybridized carbons (Fsp3) is 0.462. The first-order valence-electron chi connectivity index (χ1n) is 5.86. The van der Waals surface area contributed by atoms with Crippen molar-refractivity contribution in [2.75, 3.05) is 18.9 Å². The molecule has 4 nitrogen and oxygen atoms in total. The maximum absolute atomic E-state index is 11.7. The van der Waals surface area contributed by atoms with Gasteiger partial charge in [-0.25, -0.2) is 0 Å². The summed E-state index contributed by atoms with van der Waals surface area (Å²) in [6.07, 6.45) is 2.37. The Morgan fingerprint density at radius 2 is 2.00 bits per heavy atom. The summed E-state index contributed by atoms with van der Waals surface area (Å²) in [6, 6.07) is 7.29. The van der Waals surface area contributed by atoms with Gasteiger partial charge in [-0.15, -0.1) is 0 Å². The molecule has 4 heteroatoms. The van der Waals surface area contributed by atoms with E-state index in [1.54, 1.807) is 12.1 Å². The van der Waals surface area contributed by atoms with Crippen molar-refractivity contribution >= 4 is 11.6 Å². The first-order valence-corrected chi connectivity index (χ1v) is 5.86. The van der Waals surface area contributed by atoms with Crippen LogP contribution in [0, 0.1) is 5.41 Å². The van der Waals surface area contributed by atoms with Crippen molar-refractivity contribution in [1.29, 1.82) is 0 Å². The smallest absolute Gasteiger partial charge is 0.224 e. The number of aliphatic hydroxyl groups is 1. The average Bonchev–Trinajstić information content (AvgIpc) is 3.10. The van der Waals surface area contributed by atoms with Crippen molar-refractivity contribution in [3.8, 4) is 0 Å². The highest BCUT2D eigenvalue weighted by molar-refractivity contribution is 5.78. The molecule has 0 heterocycles. The van der Waals surface area contributed by atoms with E-state index in [1.165, 1.54) is 0 Å². The number of nitrogens with one attached hydrogen (secondary N) is 1. The first-order chi connectivity index (χ1) is 8.13. The summed E-state index contributed by atoms with van der Waals surface area (Å²) in [7, 11) is 0. The molecule has 92 valence electrons. The summed E-state index contributed by atoms with van der Waals surface area (Å²) in [6.45, 7) is 0.743. The van der Waals surface area contributed by atoms with E-state index in [4.69, 9.17) is 10.8 Å². The maximum Gasteiger partial charge on any atom is 0.224 e. The molecule has 1 fully saturated rings. The van der Waals surface area contributed by atoms with Gasteiger partial charge in [0, 0.05) is 17.6 Å². The number of nitrogens with two attached hydrogens (primary N) is 1. The Balaban J connectivity index is 1.79. The van der Waals surface area contributed by atoms with Crippen LogP contribution in [-0.4, -0.2) is 24.2 Å². The van der Waals surface area contributed by atoms with Crippen LogP contribution in [0.15, 0.2) is 24.3 Å². The third kappa shape index (κ3) is 3.20. The molecular formula is C13H18N2O2. The van der Waals surface area contributed by atoms with Crippen LogP contribution in [0.1, 0.15) is 18.4 Å². The molecule has 1 aromatic carbocycles. The van der Waals surface area contributed by atoms with E-state index in [0.717, 1.165) is 18.4 Å². The molecule has 1 saturated carbocycles. The fourth-order valence-corrected chi connectivity index (χ4v) is 1.74. The number of nitrogen functional groups attached to an aromatic ring is 1. The molecular weight excluding hydrogens is 216 g/mol. The van der Waals surface area contributed by atoms with Crippen LogP contribution in [0.25, 0.3) is 0 Å². The quantitative estimate of drug-likeness (QED) is 0.656. The fourth-order valence-electron chi connectivity index (χ4n) is 1.74. The van der Waals surface area contributed by atoms with Crippen molar-refractivity contribution in [2.45, 2.75) is 19.3 Å². The Hall–Kier alpha value is -1.55. The molecule has 0 radical (unpaired) electrons. The third-order valence-corrected chi connectivity index (χ3v) is 3.30. The van der Waals surface area contributed by atoms with E-state index >= 15 is 0 Å². The molecule has 17 heavy (non-hydrogen) atoms. The van der Waals surface area contributed by atoms with E-state index in [0.29, 0.717) is 18.7 Å². The number of amides is 1. The Morgan fingerprint density at radius 1 is 1.35 bits per heavy atom. The highest BCUT2D eigenvalue weighted by atomic mass is 16.3. The molecule has 0 atom stereocenters. The van der Waals surface area contributed by atoms with Crippen molar-refractivity contribution in [2.24, 2.45) is 5.41 Å². The van der Waals surface area contributed by atoms with E-state index in [2.05, 4.69) is 5.32 Å². The molecule has 0 saturated heterocycles. The highest BCUT2D eigenvalue weighted by Crippen LogP contribution is 2.44. The van der Waals surface area contributed by atoms with Gasteiger partial charge in [0.25, 0.3) is 0 Å². The van der Waals surface area contributed by atoms with Crippen molar-refractivity contribution < 1.29 is 9.90 Å². The first kappa shape index (κ1) is 11.9. The minimum Gasteiger partial charge on any atom is -0.399 e. The molecule has 1 aliphatic carbocycles. The summed E-state index contributed by atoms with van der Waals surface area (Å²) in [4.78, 5) is 11.7. The van der Waals surface area contributed by atoms with Gasteiger partial charge in [-0.05, 0) is 30.5 Å². The second-order valence-corrected chi connectivity index (χ2v) is 4.85. The van der Waals surface area contributed by atoms with Gasteiger partial charge < -0.3 is 16.2 Å². The monoisotopic (exact) mass is 234 g/mol. The number of hydrogen-bond acceptors (Lipinski definition) is 3. The SMILES string of the molecule is Nc1ccc(CC(=O)NCC2(CO)CC2)cc1. The lowest BCUT2D eigenvalue weighted by molar-refractivity contribution is -0.120. The summed E-state index contributed by atoms with van der Waals surface area (Å²) < 4.78 is 0. The lowest BCUT2D eigenvalue weighted by Crippen LogP contribution is -2.32. The Labute approximate surface area is 101 Å². The number of benzene rings is 1. The zero-order valence-electron chi connectivity index (χ0n) is 9.78. The molecule has 0 aromatic heterocycles. The minimum atomic E-state index is -0.0310.